The molecule has 0 fully saturated rings. The number of anilines is 2. The molecule has 0 aromatic heterocycles. The molecule has 0 saturated carbocycles. The number of carbonyl (C=O) groups is 2. The molecule has 6 heteroatoms. The smallest absolute Gasteiger partial charge is 0.257 e. The van der Waals surface area contributed by atoms with Crippen molar-refractivity contribution >= 4 is 39.1 Å². The lowest BCUT2D eigenvalue weighted by Gasteiger charge is -2.16. The first-order chi connectivity index (χ1) is 14.0. The molecular formula is C23H22BrN3O2. The highest BCUT2D eigenvalue weighted by molar-refractivity contribution is 9.10. The van der Waals surface area contributed by atoms with Gasteiger partial charge in [-0.2, -0.15) is 0 Å². The van der Waals surface area contributed by atoms with E-state index in [1.807, 2.05) is 61.5 Å². The lowest BCUT2D eigenvalue weighted by atomic mass is 10.1. The van der Waals surface area contributed by atoms with E-state index in [0.717, 1.165) is 10.0 Å². The Balaban J connectivity index is 1.62. The Morgan fingerprint density at radius 2 is 1.52 bits per heavy atom. The molecule has 148 valence electrons. The highest BCUT2D eigenvalue weighted by atomic mass is 79.9. The fraction of sp³-hybridized carbons (Fsp3) is 0.130. The number of amides is 2. The summed E-state index contributed by atoms with van der Waals surface area (Å²) in [6, 6.07) is 24.0. The molecule has 0 heterocycles. The number of para-hydroxylation sites is 2. The fourth-order valence-electron chi connectivity index (χ4n) is 2.89. The van der Waals surface area contributed by atoms with Gasteiger partial charge < -0.3 is 16.0 Å². The van der Waals surface area contributed by atoms with Crippen molar-refractivity contribution in [2.45, 2.75) is 13.0 Å². The summed E-state index contributed by atoms with van der Waals surface area (Å²) in [5.41, 5.74) is 2.65. The Labute approximate surface area is 178 Å². The van der Waals surface area contributed by atoms with Crippen molar-refractivity contribution in [3.8, 4) is 0 Å². The van der Waals surface area contributed by atoms with Crippen molar-refractivity contribution in [3.05, 3.63) is 94.5 Å². The number of hydrogen-bond acceptors (Lipinski definition) is 3. The molecule has 29 heavy (non-hydrogen) atoms. The van der Waals surface area contributed by atoms with Crippen LogP contribution in [0.5, 0.6) is 0 Å². The minimum absolute atomic E-state index is 0.00653. The monoisotopic (exact) mass is 451 g/mol. The van der Waals surface area contributed by atoms with E-state index in [0.29, 0.717) is 16.9 Å². The van der Waals surface area contributed by atoms with Gasteiger partial charge in [0.2, 0.25) is 5.91 Å². The summed E-state index contributed by atoms with van der Waals surface area (Å²) in [7, 11) is 0. The molecule has 3 aromatic rings. The maximum Gasteiger partial charge on any atom is 0.257 e. The predicted octanol–water partition coefficient (Wildman–Crippen LogP) is 4.99. The number of hydrogen-bond donors (Lipinski definition) is 3. The first-order valence-electron chi connectivity index (χ1n) is 9.27. The summed E-state index contributed by atoms with van der Waals surface area (Å²) in [4.78, 5) is 25.1. The van der Waals surface area contributed by atoms with Gasteiger partial charge in [0.15, 0.2) is 0 Å². The fourth-order valence-corrected chi connectivity index (χ4v) is 3.51. The predicted molar refractivity (Wildman–Crippen MR) is 120 cm³/mol. The van der Waals surface area contributed by atoms with Crippen LogP contribution in [-0.4, -0.2) is 18.4 Å². The van der Waals surface area contributed by atoms with Crippen LogP contribution in [0.4, 0.5) is 11.4 Å². The van der Waals surface area contributed by atoms with Gasteiger partial charge in [0.25, 0.3) is 5.91 Å². The lowest BCUT2D eigenvalue weighted by molar-refractivity contribution is -0.115. The van der Waals surface area contributed by atoms with E-state index in [2.05, 4.69) is 31.9 Å². The van der Waals surface area contributed by atoms with E-state index in [1.165, 1.54) is 0 Å². The average Bonchev–Trinajstić information content (AvgIpc) is 2.73. The maximum atomic E-state index is 12.6. The topological polar surface area (TPSA) is 70.2 Å². The molecule has 1 unspecified atom stereocenters. The molecule has 0 spiro atoms. The summed E-state index contributed by atoms with van der Waals surface area (Å²) in [5.74, 6) is -0.495. The number of benzene rings is 3. The molecule has 0 aliphatic carbocycles. The third-order valence-corrected chi connectivity index (χ3v) is 5.14. The van der Waals surface area contributed by atoms with Gasteiger partial charge in [-0.25, -0.2) is 0 Å². The summed E-state index contributed by atoms with van der Waals surface area (Å²) >= 11 is 3.53. The Bertz CT molecular complexity index is 992. The van der Waals surface area contributed by atoms with E-state index in [9.17, 15) is 9.59 Å². The van der Waals surface area contributed by atoms with Crippen LogP contribution in [-0.2, 0) is 4.79 Å². The molecule has 0 radical (unpaired) electrons. The highest BCUT2D eigenvalue weighted by Gasteiger charge is 2.15. The molecule has 3 N–H and O–H groups in total. The van der Waals surface area contributed by atoms with E-state index in [-0.39, 0.29) is 24.4 Å². The third kappa shape index (κ3) is 5.76. The Morgan fingerprint density at radius 1 is 0.862 bits per heavy atom. The van der Waals surface area contributed by atoms with E-state index < -0.39 is 0 Å². The van der Waals surface area contributed by atoms with E-state index in [4.69, 9.17) is 0 Å². The molecule has 5 nitrogen and oxygen atoms in total. The van der Waals surface area contributed by atoms with Gasteiger partial charge in [-0.15, -0.1) is 0 Å². The van der Waals surface area contributed by atoms with E-state index in [1.54, 1.807) is 24.3 Å². The van der Waals surface area contributed by atoms with Crippen LogP contribution < -0.4 is 16.0 Å². The van der Waals surface area contributed by atoms with Gasteiger partial charge in [0.05, 0.1) is 17.8 Å². The maximum absolute atomic E-state index is 12.6. The second-order valence-corrected chi connectivity index (χ2v) is 7.39. The first kappa shape index (κ1) is 20.8. The number of carbonyl (C=O) groups excluding carboxylic acids is 2. The number of nitrogens with one attached hydrogen (secondary N) is 3. The zero-order valence-electron chi connectivity index (χ0n) is 16.0. The quantitative estimate of drug-likeness (QED) is 0.473. The Kier molecular flexibility index (Phi) is 7.16. The number of halogens is 1. The largest absolute Gasteiger partial charge is 0.324 e. The summed E-state index contributed by atoms with van der Waals surface area (Å²) in [5, 5.41) is 8.87. The minimum atomic E-state index is -0.276. The Hall–Kier alpha value is -2.96. The molecular weight excluding hydrogens is 430 g/mol. The summed E-state index contributed by atoms with van der Waals surface area (Å²) in [6.07, 6.45) is 0. The zero-order valence-corrected chi connectivity index (χ0v) is 17.6. The second-order valence-electron chi connectivity index (χ2n) is 6.54. The van der Waals surface area contributed by atoms with Gasteiger partial charge >= 0.3 is 0 Å². The molecule has 0 aliphatic heterocycles. The summed E-state index contributed by atoms with van der Waals surface area (Å²) in [6.45, 7) is 2.12. The van der Waals surface area contributed by atoms with Crippen molar-refractivity contribution in [3.63, 3.8) is 0 Å². The Morgan fingerprint density at radius 3 is 2.28 bits per heavy atom. The van der Waals surface area contributed by atoms with Crippen molar-refractivity contribution in [1.82, 2.24) is 5.32 Å². The average molecular weight is 452 g/mol. The lowest BCUT2D eigenvalue weighted by Crippen LogP contribution is -2.31. The van der Waals surface area contributed by atoms with Gasteiger partial charge in [-0.05, 0) is 42.8 Å². The molecule has 0 saturated heterocycles. The zero-order chi connectivity index (χ0) is 20.6. The van der Waals surface area contributed by atoms with Crippen LogP contribution in [0.25, 0.3) is 0 Å². The van der Waals surface area contributed by atoms with Crippen molar-refractivity contribution in [2.75, 3.05) is 17.2 Å². The van der Waals surface area contributed by atoms with Crippen molar-refractivity contribution in [2.24, 2.45) is 0 Å². The molecule has 0 bridgehead atoms. The minimum Gasteiger partial charge on any atom is -0.324 e. The normalized spacial score (nSPS) is 11.5. The van der Waals surface area contributed by atoms with E-state index >= 15 is 0 Å². The van der Waals surface area contributed by atoms with Gasteiger partial charge in [-0.1, -0.05) is 64.5 Å². The molecule has 2 amide bonds. The third-order valence-electron chi connectivity index (χ3n) is 4.42. The van der Waals surface area contributed by atoms with Crippen molar-refractivity contribution in [1.29, 1.82) is 0 Å². The van der Waals surface area contributed by atoms with Crippen molar-refractivity contribution < 1.29 is 9.59 Å². The highest BCUT2D eigenvalue weighted by Crippen LogP contribution is 2.22. The van der Waals surface area contributed by atoms with Gasteiger partial charge in [-0.3, -0.25) is 9.59 Å². The summed E-state index contributed by atoms with van der Waals surface area (Å²) < 4.78 is 0.989. The van der Waals surface area contributed by atoms with Crippen LogP contribution in [0.1, 0.15) is 28.9 Å². The SMILES string of the molecule is CC(NCC(=O)Nc1ccccc1C(=O)Nc1ccccc1)c1ccccc1Br. The van der Waals surface area contributed by atoms with Crippen LogP contribution in [0.3, 0.4) is 0 Å². The second kappa shape index (κ2) is 10.0. The molecule has 0 aliphatic rings. The van der Waals surface area contributed by atoms with Crippen LogP contribution in [0, 0.1) is 0 Å². The van der Waals surface area contributed by atoms with Crippen LogP contribution >= 0.6 is 15.9 Å². The number of rotatable bonds is 7. The van der Waals surface area contributed by atoms with Crippen LogP contribution in [0.15, 0.2) is 83.3 Å². The molecule has 3 aromatic carbocycles. The molecule has 1 atom stereocenters. The first-order valence-corrected chi connectivity index (χ1v) is 10.1. The standard InChI is InChI=1S/C23H22BrN3O2/c1-16(18-11-5-7-13-20(18)24)25-15-22(28)27-21-14-8-6-12-19(21)23(29)26-17-9-3-2-4-10-17/h2-14,16,25H,15H2,1H3,(H,26,29)(H,27,28). The molecule has 3 rings (SSSR count). The van der Waals surface area contributed by atoms with Gasteiger partial charge in [0.1, 0.15) is 0 Å². The van der Waals surface area contributed by atoms with Gasteiger partial charge in [0, 0.05) is 16.2 Å². The van der Waals surface area contributed by atoms with Crippen LogP contribution in [0.2, 0.25) is 0 Å².